The molecule has 1 aromatic heterocycles. The van der Waals surface area contributed by atoms with Gasteiger partial charge in [0.1, 0.15) is 0 Å². The van der Waals surface area contributed by atoms with Crippen LogP contribution in [0.1, 0.15) is 27.3 Å². The summed E-state index contributed by atoms with van der Waals surface area (Å²) < 4.78 is 9.59. The van der Waals surface area contributed by atoms with Gasteiger partial charge in [-0.25, -0.2) is 4.79 Å². The predicted molar refractivity (Wildman–Crippen MR) is 82.1 cm³/mol. The van der Waals surface area contributed by atoms with Crippen LogP contribution in [-0.4, -0.2) is 31.4 Å². The number of furan rings is 1. The second-order valence-electron chi connectivity index (χ2n) is 4.57. The topological polar surface area (TPSA) is 97.6 Å². The summed E-state index contributed by atoms with van der Waals surface area (Å²) in [4.78, 5) is 35.1. The summed E-state index contributed by atoms with van der Waals surface area (Å²) in [7, 11) is 1.27. The van der Waals surface area contributed by atoms with Crippen molar-refractivity contribution in [1.82, 2.24) is 5.32 Å². The summed E-state index contributed by atoms with van der Waals surface area (Å²) in [6.07, 6.45) is 1.45. The van der Waals surface area contributed by atoms with Crippen LogP contribution in [0.3, 0.4) is 0 Å². The van der Waals surface area contributed by atoms with E-state index >= 15 is 0 Å². The molecule has 7 heteroatoms. The van der Waals surface area contributed by atoms with Crippen molar-refractivity contribution < 1.29 is 23.5 Å². The van der Waals surface area contributed by atoms with Crippen LogP contribution in [0.5, 0.6) is 0 Å². The molecule has 0 aliphatic rings. The van der Waals surface area contributed by atoms with Crippen LogP contribution in [0, 0.1) is 0 Å². The molecule has 0 radical (unpaired) electrons. The van der Waals surface area contributed by atoms with Gasteiger partial charge in [0, 0.05) is 13.0 Å². The minimum absolute atomic E-state index is 0.0575. The summed E-state index contributed by atoms with van der Waals surface area (Å²) in [6.45, 7) is 0.145. The molecule has 2 aromatic rings. The van der Waals surface area contributed by atoms with Gasteiger partial charge in [0.25, 0.3) is 5.91 Å². The Morgan fingerprint density at radius 3 is 2.61 bits per heavy atom. The normalized spacial score (nSPS) is 9.96. The van der Waals surface area contributed by atoms with E-state index in [4.69, 9.17) is 4.42 Å². The minimum Gasteiger partial charge on any atom is -0.465 e. The highest BCUT2D eigenvalue weighted by atomic mass is 16.5. The first-order valence-corrected chi connectivity index (χ1v) is 6.90. The first kappa shape index (κ1) is 16.3. The number of rotatable bonds is 6. The Kier molecular flexibility index (Phi) is 5.51. The van der Waals surface area contributed by atoms with Crippen LogP contribution in [0.2, 0.25) is 0 Å². The van der Waals surface area contributed by atoms with Gasteiger partial charge in [-0.1, -0.05) is 12.1 Å². The Hall–Kier alpha value is -3.09. The summed E-state index contributed by atoms with van der Waals surface area (Å²) in [5.41, 5.74) is 0.629. The molecule has 1 heterocycles. The second kappa shape index (κ2) is 7.79. The Labute approximate surface area is 132 Å². The lowest BCUT2D eigenvalue weighted by molar-refractivity contribution is -0.116. The van der Waals surface area contributed by atoms with Crippen molar-refractivity contribution in [3.8, 4) is 0 Å². The van der Waals surface area contributed by atoms with Gasteiger partial charge >= 0.3 is 5.97 Å². The van der Waals surface area contributed by atoms with Crippen molar-refractivity contribution in [1.29, 1.82) is 0 Å². The van der Waals surface area contributed by atoms with E-state index in [0.717, 1.165) is 0 Å². The lowest BCUT2D eigenvalue weighted by Gasteiger charge is -2.09. The lowest BCUT2D eigenvalue weighted by atomic mass is 10.1. The smallest absolute Gasteiger partial charge is 0.339 e. The van der Waals surface area contributed by atoms with Crippen LogP contribution in [0.4, 0.5) is 5.69 Å². The van der Waals surface area contributed by atoms with Gasteiger partial charge in [-0.2, -0.15) is 0 Å². The Morgan fingerprint density at radius 2 is 1.91 bits per heavy atom. The summed E-state index contributed by atoms with van der Waals surface area (Å²) in [5.74, 6) is -1.08. The lowest BCUT2D eigenvalue weighted by Crippen LogP contribution is -2.27. The minimum atomic E-state index is -0.535. The van der Waals surface area contributed by atoms with Gasteiger partial charge in [-0.3, -0.25) is 9.59 Å². The van der Waals surface area contributed by atoms with Crippen LogP contribution in [0.25, 0.3) is 0 Å². The van der Waals surface area contributed by atoms with E-state index in [9.17, 15) is 14.4 Å². The molecule has 2 amide bonds. The number of carbonyl (C=O) groups excluding carboxylic acids is 3. The maximum absolute atomic E-state index is 11.9. The molecular formula is C16H16N2O5. The zero-order chi connectivity index (χ0) is 16.7. The number of anilines is 1. The van der Waals surface area contributed by atoms with Gasteiger partial charge < -0.3 is 19.8 Å². The van der Waals surface area contributed by atoms with Gasteiger partial charge in [0.2, 0.25) is 5.91 Å². The number of hydrogen-bond acceptors (Lipinski definition) is 5. The second-order valence-corrected chi connectivity index (χ2v) is 4.57. The molecular weight excluding hydrogens is 300 g/mol. The third-order valence-electron chi connectivity index (χ3n) is 2.99. The molecule has 0 unspecified atom stereocenters. The molecule has 0 spiro atoms. The van der Waals surface area contributed by atoms with Gasteiger partial charge in [0.05, 0.1) is 24.6 Å². The van der Waals surface area contributed by atoms with E-state index in [0.29, 0.717) is 5.69 Å². The van der Waals surface area contributed by atoms with Crippen molar-refractivity contribution in [3.05, 3.63) is 54.0 Å². The molecule has 0 aliphatic heterocycles. The number of amides is 2. The molecule has 2 rings (SSSR count). The molecule has 0 atom stereocenters. The fraction of sp³-hybridized carbons (Fsp3) is 0.188. The van der Waals surface area contributed by atoms with Crippen molar-refractivity contribution in [2.45, 2.75) is 6.42 Å². The average Bonchev–Trinajstić information content (AvgIpc) is 3.09. The maximum Gasteiger partial charge on any atom is 0.339 e. The van der Waals surface area contributed by atoms with E-state index in [1.807, 2.05) is 0 Å². The summed E-state index contributed by atoms with van der Waals surface area (Å²) in [6, 6.07) is 9.66. The molecule has 1 aromatic carbocycles. The molecule has 23 heavy (non-hydrogen) atoms. The number of carbonyl (C=O) groups is 3. The number of nitrogens with one attached hydrogen (secondary N) is 2. The molecule has 120 valence electrons. The van der Waals surface area contributed by atoms with Crippen LogP contribution >= 0.6 is 0 Å². The Morgan fingerprint density at radius 1 is 1.13 bits per heavy atom. The number of hydrogen-bond donors (Lipinski definition) is 2. The van der Waals surface area contributed by atoms with Crippen molar-refractivity contribution in [2.24, 2.45) is 0 Å². The number of benzene rings is 1. The fourth-order valence-corrected chi connectivity index (χ4v) is 1.88. The molecule has 7 nitrogen and oxygen atoms in total. The molecule has 0 saturated carbocycles. The number of methoxy groups -OCH3 is 1. The average molecular weight is 316 g/mol. The van der Waals surface area contributed by atoms with E-state index in [1.165, 1.54) is 19.4 Å². The largest absolute Gasteiger partial charge is 0.465 e. The zero-order valence-corrected chi connectivity index (χ0v) is 12.5. The first-order chi connectivity index (χ1) is 11.1. The van der Waals surface area contributed by atoms with E-state index in [1.54, 1.807) is 30.3 Å². The van der Waals surface area contributed by atoms with Crippen LogP contribution in [0.15, 0.2) is 47.1 Å². The number of ether oxygens (including phenoxy) is 1. The van der Waals surface area contributed by atoms with Crippen LogP contribution < -0.4 is 10.6 Å². The molecule has 0 aliphatic carbocycles. The standard InChI is InChI=1S/C16H16N2O5/c1-22-16(21)11-5-2-3-6-12(11)18-14(19)8-9-17-15(20)13-7-4-10-23-13/h2-7,10H,8-9H2,1H3,(H,17,20)(H,18,19). The quantitative estimate of drug-likeness (QED) is 0.792. The monoisotopic (exact) mass is 316 g/mol. The van der Waals surface area contributed by atoms with E-state index in [2.05, 4.69) is 15.4 Å². The fourth-order valence-electron chi connectivity index (χ4n) is 1.88. The van der Waals surface area contributed by atoms with Crippen molar-refractivity contribution in [3.63, 3.8) is 0 Å². The highest BCUT2D eigenvalue weighted by Gasteiger charge is 2.13. The number of para-hydroxylation sites is 1. The SMILES string of the molecule is COC(=O)c1ccccc1NC(=O)CCNC(=O)c1ccco1. The highest BCUT2D eigenvalue weighted by Crippen LogP contribution is 2.16. The predicted octanol–water partition coefficient (Wildman–Crippen LogP) is 1.82. The van der Waals surface area contributed by atoms with Gasteiger partial charge in [0.15, 0.2) is 5.76 Å². The maximum atomic E-state index is 11.9. The van der Waals surface area contributed by atoms with E-state index in [-0.39, 0.29) is 30.2 Å². The van der Waals surface area contributed by atoms with Crippen LogP contribution in [-0.2, 0) is 9.53 Å². The highest BCUT2D eigenvalue weighted by molar-refractivity contribution is 6.01. The van der Waals surface area contributed by atoms with Crippen molar-refractivity contribution in [2.75, 3.05) is 19.0 Å². The van der Waals surface area contributed by atoms with Gasteiger partial charge in [-0.15, -0.1) is 0 Å². The molecule has 0 saturated heterocycles. The van der Waals surface area contributed by atoms with E-state index < -0.39 is 11.9 Å². The van der Waals surface area contributed by atoms with Gasteiger partial charge in [-0.05, 0) is 24.3 Å². The summed E-state index contributed by atoms with van der Waals surface area (Å²) >= 11 is 0. The summed E-state index contributed by atoms with van der Waals surface area (Å²) in [5, 5.41) is 5.18. The number of esters is 1. The Balaban J connectivity index is 1.86. The third-order valence-corrected chi connectivity index (χ3v) is 2.99. The first-order valence-electron chi connectivity index (χ1n) is 6.90. The molecule has 2 N–H and O–H groups in total. The molecule has 0 fully saturated rings. The van der Waals surface area contributed by atoms with Crippen molar-refractivity contribution >= 4 is 23.5 Å². The third kappa shape index (κ3) is 4.44. The Bertz CT molecular complexity index is 694. The zero-order valence-electron chi connectivity index (χ0n) is 12.5. The molecule has 0 bridgehead atoms.